The number of carbonyl (C=O) groups is 2. The zero-order valence-electron chi connectivity index (χ0n) is 18.8. The number of sulfonamides is 1. The zero-order chi connectivity index (χ0) is 25.8. The van der Waals surface area contributed by atoms with E-state index in [2.05, 4.69) is 5.32 Å². The van der Waals surface area contributed by atoms with Gasteiger partial charge in [-0.1, -0.05) is 24.6 Å². The molecular formula is C23H25F3N2O6S. The Balaban J connectivity index is 1.85. The number of phenols is 1. The number of piperidine rings is 1. The number of hydrogen-bond donors (Lipinski definition) is 2. The van der Waals surface area contributed by atoms with Crippen molar-refractivity contribution in [1.82, 2.24) is 9.62 Å². The number of amides is 1. The molecule has 0 radical (unpaired) electrons. The highest BCUT2D eigenvalue weighted by Crippen LogP contribution is 2.32. The Bertz CT molecular complexity index is 1170. The van der Waals surface area contributed by atoms with E-state index in [0.717, 1.165) is 29.6 Å². The van der Waals surface area contributed by atoms with E-state index >= 15 is 0 Å². The fourth-order valence-corrected chi connectivity index (χ4v) is 5.60. The first-order chi connectivity index (χ1) is 16.4. The maximum Gasteiger partial charge on any atom is 0.416 e. The molecule has 2 aromatic carbocycles. The number of nitrogens with one attached hydrogen (secondary N) is 1. The summed E-state index contributed by atoms with van der Waals surface area (Å²) < 4.78 is 71.5. The van der Waals surface area contributed by atoms with Crippen molar-refractivity contribution in [3.63, 3.8) is 0 Å². The van der Waals surface area contributed by atoms with E-state index < -0.39 is 50.6 Å². The Morgan fingerprint density at radius 2 is 1.86 bits per heavy atom. The highest BCUT2D eigenvalue weighted by atomic mass is 32.2. The zero-order valence-corrected chi connectivity index (χ0v) is 19.6. The molecular weight excluding hydrogens is 489 g/mol. The Morgan fingerprint density at radius 1 is 1.17 bits per heavy atom. The van der Waals surface area contributed by atoms with Gasteiger partial charge in [0.1, 0.15) is 17.8 Å². The Morgan fingerprint density at radius 3 is 2.49 bits per heavy atom. The highest BCUT2D eigenvalue weighted by Gasteiger charge is 2.40. The van der Waals surface area contributed by atoms with Gasteiger partial charge in [-0.3, -0.25) is 4.79 Å². The van der Waals surface area contributed by atoms with Gasteiger partial charge in [-0.15, -0.1) is 0 Å². The maximum absolute atomic E-state index is 13.2. The van der Waals surface area contributed by atoms with Crippen LogP contribution in [0.4, 0.5) is 13.2 Å². The Kier molecular flexibility index (Phi) is 8.06. The molecule has 35 heavy (non-hydrogen) atoms. The van der Waals surface area contributed by atoms with Crippen LogP contribution in [-0.4, -0.2) is 55.4 Å². The molecule has 1 fully saturated rings. The van der Waals surface area contributed by atoms with Crippen molar-refractivity contribution in [3.8, 4) is 5.75 Å². The molecule has 0 unspecified atom stereocenters. The van der Waals surface area contributed by atoms with E-state index in [-0.39, 0.29) is 25.1 Å². The number of benzene rings is 2. The van der Waals surface area contributed by atoms with Crippen LogP contribution in [0, 0.1) is 0 Å². The van der Waals surface area contributed by atoms with Crippen LogP contribution >= 0.6 is 0 Å². The summed E-state index contributed by atoms with van der Waals surface area (Å²) in [5.41, 5.74) is -0.508. The monoisotopic (exact) mass is 514 g/mol. The van der Waals surface area contributed by atoms with Gasteiger partial charge in [0.15, 0.2) is 0 Å². The normalized spacial score (nSPS) is 18.0. The van der Waals surface area contributed by atoms with Gasteiger partial charge in [0.2, 0.25) is 15.9 Å². The fraction of sp³-hybridized carbons (Fsp3) is 0.391. The lowest BCUT2D eigenvalue weighted by molar-refractivity contribution is -0.145. The summed E-state index contributed by atoms with van der Waals surface area (Å²) in [7, 11) is -3.29. The summed E-state index contributed by atoms with van der Waals surface area (Å²) in [6.45, 7) is -0.0580. The molecule has 0 aliphatic carbocycles. The maximum atomic E-state index is 13.2. The second-order valence-corrected chi connectivity index (χ2v) is 10.00. The molecule has 2 atom stereocenters. The van der Waals surface area contributed by atoms with E-state index in [1.54, 1.807) is 12.1 Å². The number of esters is 1. The number of halogens is 3. The molecule has 3 rings (SSSR count). The minimum Gasteiger partial charge on any atom is -0.508 e. The minimum atomic E-state index is -4.73. The number of rotatable bonds is 7. The average Bonchev–Trinajstić information content (AvgIpc) is 2.84. The van der Waals surface area contributed by atoms with Gasteiger partial charge >= 0.3 is 12.1 Å². The van der Waals surface area contributed by atoms with Crippen LogP contribution in [0.3, 0.4) is 0 Å². The number of aromatic hydroxyl groups is 1. The van der Waals surface area contributed by atoms with Gasteiger partial charge in [0.25, 0.3) is 0 Å². The molecule has 1 amide bonds. The number of alkyl halides is 3. The Hall–Kier alpha value is -3.12. The lowest BCUT2D eigenvalue weighted by atomic mass is 10.0. The molecule has 0 saturated carbocycles. The van der Waals surface area contributed by atoms with E-state index in [4.69, 9.17) is 4.74 Å². The third-order valence-electron chi connectivity index (χ3n) is 5.70. The van der Waals surface area contributed by atoms with Gasteiger partial charge < -0.3 is 15.2 Å². The first kappa shape index (κ1) is 26.5. The molecule has 0 aromatic heterocycles. The van der Waals surface area contributed by atoms with Crippen molar-refractivity contribution in [2.75, 3.05) is 13.7 Å². The number of phenolic OH excluding ortho intramolecular Hbond substituents is 1. The summed E-state index contributed by atoms with van der Waals surface area (Å²) in [5, 5.41) is 12.0. The summed E-state index contributed by atoms with van der Waals surface area (Å²) in [5.74, 6) is -1.49. The van der Waals surface area contributed by atoms with Crippen LogP contribution in [0.1, 0.15) is 30.4 Å². The molecule has 2 aromatic rings. The largest absolute Gasteiger partial charge is 0.508 e. The molecule has 1 heterocycles. The van der Waals surface area contributed by atoms with Gasteiger partial charge in [0.05, 0.1) is 17.6 Å². The molecule has 190 valence electrons. The lowest BCUT2D eigenvalue weighted by Crippen LogP contribution is -2.55. The molecule has 0 spiro atoms. The number of methoxy groups -OCH3 is 1. The average molecular weight is 515 g/mol. The van der Waals surface area contributed by atoms with Crippen molar-refractivity contribution in [2.24, 2.45) is 0 Å². The molecule has 2 N–H and O–H groups in total. The van der Waals surface area contributed by atoms with Crippen molar-refractivity contribution in [2.45, 2.75) is 48.8 Å². The first-order valence-electron chi connectivity index (χ1n) is 10.8. The van der Waals surface area contributed by atoms with Crippen molar-refractivity contribution < 1.29 is 41.0 Å². The lowest BCUT2D eigenvalue weighted by Gasteiger charge is -2.34. The van der Waals surface area contributed by atoms with Crippen molar-refractivity contribution in [1.29, 1.82) is 0 Å². The number of hydrogen-bond acceptors (Lipinski definition) is 6. The molecule has 12 heteroatoms. The summed E-state index contributed by atoms with van der Waals surface area (Å²) in [6, 6.07) is 6.95. The predicted molar refractivity (Wildman–Crippen MR) is 119 cm³/mol. The van der Waals surface area contributed by atoms with Gasteiger partial charge in [-0.05, 0) is 48.7 Å². The van der Waals surface area contributed by atoms with Crippen molar-refractivity contribution >= 4 is 21.9 Å². The smallest absolute Gasteiger partial charge is 0.416 e. The van der Waals surface area contributed by atoms with Crippen LogP contribution in [0.5, 0.6) is 5.75 Å². The highest BCUT2D eigenvalue weighted by molar-refractivity contribution is 7.89. The number of nitrogens with zero attached hydrogens (tertiary/aromatic N) is 1. The van der Waals surface area contributed by atoms with Gasteiger partial charge in [0, 0.05) is 13.0 Å². The van der Waals surface area contributed by atoms with Crippen molar-refractivity contribution in [3.05, 3.63) is 59.7 Å². The summed E-state index contributed by atoms with van der Waals surface area (Å²) >= 11 is 0. The fourth-order valence-electron chi connectivity index (χ4n) is 3.89. The standard InChI is InChI=1S/C23H25F3N2O6S/c1-34-22(31)19(13-15-8-10-17(29)11-9-15)27-21(30)20-7-2-3-12-28(20)35(32,33)18-6-4-5-16(14-18)23(24,25)26/h4-6,8-11,14,19-20,29H,2-3,7,12-13H2,1H3,(H,27,30)/t19-,20-/m0/s1. The number of carbonyl (C=O) groups excluding carboxylic acids is 2. The summed E-state index contributed by atoms with van der Waals surface area (Å²) in [6.07, 6.45) is -3.63. The summed E-state index contributed by atoms with van der Waals surface area (Å²) in [4.78, 5) is 24.9. The Labute approximate surface area is 200 Å². The molecule has 8 nitrogen and oxygen atoms in total. The molecule has 0 bridgehead atoms. The third-order valence-corrected chi connectivity index (χ3v) is 7.61. The van der Waals surface area contributed by atoms with E-state index in [9.17, 15) is 36.3 Å². The predicted octanol–water partition coefficient (Wildman–Crippen LogP) is 2.85. The molecule has 1 aliphatic heterocycles. The van der Waals surface area contributed by atoms with Crippen LogP contribution < -0.4 is 5.32 Å². The topological polar surface area (TPSA) is 113 Å². The van der Waals surface area contributed by atoms with Crippen LogP contribution in [-0.2, 0) is 36.9 Å². The van der Waals surface area contributed by atoms with Gasteiger partial charge in [-0.25, -0.2) is 13.2 Å². The second kappa shape index (κ2) is 10.6. The number of ether oxygens (including phenoxy) is 1. The minimum absolute atomic E-state index is 0.0186. The van der Waals surface area contributed by atoms with Gasteiger partial charge in [-0.2, -0.15) is 17.5 Å². The van der Waals surface area contributed by atoms with Crippen LogP contribution in [0.15, 0.2) is 53.4 Å². The third kappa shape index (κ3) is 6.31. The molecule has 1 aliphatic rings. The van der Waals surface area contributed by atoms with Crippen LogP contribution in [0.25, 0.3) is 0 Å². The van der Waals surface area contributed by atoms with Crippen LogP contribution in [0.2, 0.25) is 0 Å². The van der Waals surface area contributed by atoms with E-state index in [0.29, 0.717) is 24.5 Å². The van der Waals surface area contributed by atoms with E-state index in [1.807, 2.05) is 0 Å². The molecule has 1 saturated heterocycles. The SMILES string of the molecule is COC(=O)[C@H](Cc1ccc(O)cc1)NC(=O)[C@@H]1CCCCN1S(=O)(=O)c1cccc(C(F)(F)F)c1. The second-order valence-electron chi connectivity index (χ2n) is 8.11. The van der Waals surface area contributed by atoms with E-state index in [1.165, 1.54) is 12.1 Å². The quantitative estimate of drug-likeness (QED) is 0.550. The first-order valence-corrected chi connectivity index (χ1v) is 12.2.